The standard InChI is InChI=1S/C15H9Cl3O3/c16-11-2-1-3-14(10(11)5-7-15(19)20)21-9-4-6-12(17)13(18)8-9/h1-8H,(H,19,20). The van der Waals surface area contributed by atoms with Crippen molar-refractivity contribution in [2.24, 2.45) is 0 Å². The van der Waals surface area contributed by atoms with Crippen LogP contribution in [0.3, 0.4) is 0 Å². The third-order valence-electron chi connectivity index (χ3n) is 2.52. The Hall–Kier alpha value is -1.68. The second kappa shape index (κ2) is 6.85. The zero-order chi connectivity index (χ0) is 15.4. The van der Waals surface area contributed by atoms with Gasteiger partial charge in [-0.3, -0.25) is 0 Å². The zero-order valence-electron chi connectivity index (χ0n) is 10.5. The van der Waals surface area contributed by atoms with E-state index >= 15 is 0 Å². The van der Waals surface area contributed by atoms with Crippen molar-refractivity contribution in [2.75, 3.05) is 0 Å². The summed E-state index contributed by atoms with van der Waals surface area (Å²) in [5.41, 5.74) is 0.465. The van der Waals surface area contributed by atoms with E-state index < -0.39 is 5.97 Å². The van der Waals surface area contributed by atoms with Crippen LogP contribution in [-0.2, 0) is 4.79 Å². The molecule has 21 heavy (non-hydrogen) atoms. The van der Waals surface area contributed by atoms with E-state index in [1.54, 1.807) is 36.4 Å². The summed E-state index contributed by atoms with van der Waals surface area (Å²) < 4.78 is 5.69. The van der Waals surface area contributed by atoms with E-state index in [1.165, 1.54) is 6.08 Å². The lowest BCUT2D eigenvalue weighted by molar-refractivity contribution is -0.131. The Morgan fingerprint density at radius 2 is 1.81 bits per heavy atom. The minimum absolute atomic E-state index is 0.360. The first-order valence-electron chi connectivity index (χ1n) is 5.80. The molecule has 0 aromatic heterocycles. The number of carboxylic acids is 1. The molecular formula is C15H9Cl3O3. The van der Waals surface area contributed by atoms with Crippen LogP contribution in [0.1, 0.15) is 5.56 Å². The summed E-state index contributed by atoms with van der Waals surface area (Å²) in [6, 6.07) is 9.85. The first-order valence-corrected chi connectivity index (χ1v) is 6.93. The number of rotatable bonds is 4. The summed E-state index contributed by atoms with van der Waals surface area (Å²) >= 11 is 17.8. The van der Waals surface area contributed by atoms with Gasteiger partial charge in [0.05, 0.1) is 15.1 Å². The highest BCUT2D eigenvalue weighted by molar-refractivity contribution is 6.42. The molecule has 0 amide bonds. The summed E-state index contributed by atoms with van der Waals surface area (Å²) in [4.78, 5) is 10.6. The quantitative estimate of drug-likeness (QED) is 0.742. The first kappa shape index (κ1) is 15.7. The van der Waals surface area contributed by atoms with Crippen molar-refractivity contribution < 1.29 is 14.6 Å². The normalized spacial score (nSPS) is 10.8. The van der Waals surface area contributed by atoms with Crippen molar-refractivity contribution in [3.05, 3.63) is 63.1 Å². The largest absolute Gasteiger partial charge is 0.478 e. The van der Waals surface area contributed by atoms with Gasteiger partial charge in [-0.25, -0.2) is 4.79 Å². The van der Waals surface area contributed by atoms with Crippen molar-refractivity contribution in [2.45, 2.75) is 0 Å². The number of hydrogen-bond donors (Lipinski definition) is 1. The molecule has 0 spiro atoms. The number of benzene rings is 2. The molecule has 0 aliphatic rings. The number of hydrogen-bond acceptors (Lipinski definition) is 2. The highest BCUT2D eigenvalue weighted by atomic mass is 35.5. The van der Waals surface area contributed by atoms with Crippen LogP contribution in [0.15, 0.2) is 42.5 Å². The van der Waals surface area contributed by atoms with Crippen molar-refractivity contribution in [1.82, 2.24) is 0 Å². The van der Waals surface area contributed by atoms with Gasteiger partial charge in [-0.2, -0.15) is 0 Å². The van der Waals surface area contributed by atoms with E-state index in [-0.39, 0.29) is 0 Å². The highest BCUT2D eigenvalue weighted by Gasteiger charge is 2.08. The fourth-order valence-electron chi connectivity index (χ4n) is 1.59. The average Bonchev–Trinajstić information content (AvgIpc) is 2.42. The first-order chi connectivity index (χ1) is 9.97. The summed E-state index contributed by atoms with van der Waals surface area (Å²) in [6.45, 7) is 0. The van der Waals surface area contributed by atoms with Crippen LogP contribution in [0.2, 0.25) is 15.1 Å². The molecule has 0 radical (unpaired) electrons. The van der Waals surface area contributed by atoms with Crippen molar-refractivity contribution in [3.8, 4) is 11.5 Å². The molecule has 0 unspecified atom stereocenters. The summed E-state index contributed by atoms with van der Waals surface area (Å²) in [7, 11) is 0. The van der Waals surface area contributed by atoms with Crippen molar-refractivity contribution >= 4 is 46.8 Å². The zero-order valence-corrected chi connectivity index (χ0v) is 12.8. The van der Waals surface area contributed by atoms with E-state index in [1.807, 2.05) is 0 Å². The fourth-order valence-corrected chi connectivity index (χ4v) is 2.11. The number of halogens is 3. The molecule has 108 valence electrons. The molecular weight excluding hydrogens is 335 g/mol. The van der Waals surface area contributed by atoms with Gasteiger partial charge in [0.1, 0.15) is 11.5 Å². The minimum Gasteiger partial charge on any atom is -0.478 e. The highest BCUT2D eigenvalue weighted by Crippen LogP contribution is 2.34. The third-order valence-corrected chi connectivity index (χ3v) is 3.59. The van der Waals surface area contributed by atoms with Crippen LogP contribution < -0.4 is 4.74 Å². The average molecular weight is 344 g/mol. The van der Waals surface area contributed by atoms with E-state index in [0.29, 0.717) is 32.1 Å². The number of carbonyl (C=O) groups is 1. The monoisotopic (exact) mass is 342 g/mol. The van der Waals surface area contributed by atoms with Gasteiger partial charge < -0.3 is 9.84 Å². The van der Waals surface area contributed by atoms with Crippen molar-refractivity contribution in [3.63, 3.8) is 0 Å². The molecule has 0 aliphatic heterocycles. The van der Waals surface area contributed by atoms with E-state index in [2.05, 4.69) is 0 Å². The maximum atomic E-state index is 10.6. The summed E-state index contributed by atoms with van der Waals surface area (Å²) in [5.74, 6) is -0.189. The Kier molecular flexibility index (Phi) is 5.12. The Morgan fingerprint density at radius 3 is 2.48 bits per heavy atom. The van der Waals surface area contributed by atoms with Crippen LogP contribution in [0.4, 0.5) is 0 Å². The van der Waals surface area contributed by atoms with Gasteiger partial charge in [0.25, 0.3) is 0 Å². The van der Waals surface area contributed by atoms with Crippen molar-refractivity contribution in [1.29, 1.82) is 0 Å². The molecule has 0 bridgehead atoms. The molecule has 3 nitrogen and oxygen atoms in total. The van der Waals surface area contributed by atoms with E-state index in [9.17, 15) is 4.79 Å². The molecule has 0 fully saturated rings. The molecule has 0 saturated carbocycles. The maximum absolute atomic E-state index is 10.6. The van der Waals surface area contributed by atoms with E-state index in [0.717, 1.165) is 6.08 Å². The molecule has 2 rings (SSSR count). The smallest absolute Gasteiger partial charge is 0.328 e. The van der Waals surface area contributed by atoms with Gasteiger partial charge in [-0.05, 0) is 30.3 Å². The summed E-state index contributed by atoms with van der Waals surface area (Å²) in [5, 5.41) is 9.87. The van der Waals surface area contributed by atoms with Crippen LogP contribution in [0.5, 0.6) is 11.5 Å². The Bertz CT molecular complexity index is 711. The third kappa shape index (κ3) is 4.14. The van der Waals surface area contributed by atoms with Gasteiger partial charge in [0.15, 0.2) is 0 Å². The lowest BCUT2D eigenvalue weighted by atomic mass is 10.2. The predicted molar refractivity (Wildman–Crippen MR) is 84.7 cm³/mol. The Labute approximate surface area is 136 Å². The molecule has 2 aromatic carbocycles. The van der Waals surface area contributed by atoms with Crippen LogP contribution >= 0.6 is 34.8 Å². The van der Waals surface area contributed by atoms with Gasteiger partial charge in [0, 0.05) is 17.7 Å². The SMILES string of the molecule is O=C(O)C=Cc1c(Cl)cccc1Oc1ccc(Cl)c(Cl)c1. The van der Waals surface area contributed by atoms with Gasteiger partial charge >= 0.3 is 5.97 Å². The molecule has 0 atom stereocenters. The van der Waals surface area contributed by atoms with Crippen LogP contribution in [0.25, 0.3) is 6.08 Å². The fraction of sp³-hybridized carbons (Fsp3) is 0. The summed E-state index contributed by atoms with van der Waals surface area (Å²) in [6.07, 6.45) is 2.36. The number of carboxylic acid groups (broad SMARTS) is 1. The molecule has 2 aromatic rings. The lowest BCUT2D eigenvalue weighted by Gasteiger charge is -2.10. The molecule has 0 heterocycles. The van der Waals surface area contributed by atoms with E-state index in [4.69, 9.17) is 44.6 Å². The topological polar surface area (TPSA) is 46.5 Å². The maximum Gasteiger partial charge on any atom is 0.328 e. The second-order valence-electron chi connectivity index (χ2n) is 4.00. The second-order valence-corrected chi connectivity index (χ2v) is 5.22. The minimum atomic E-state index is -1.07. The van der Waals surface area contributed by atoms with Gasteiger partial charge in [-0.15, -0.1) is 0 Å². The molecule has 0 aliphatic carbocycles. The molecule has 6 heteroatoms. The Morgan fingerprint density at radius 1 is 1.05 bits per heavy atom. The lowest BCUT2D eigenvalue weighted by Crippen LogP contribution is -1.90. The number of aliphatic carboxylic acids is 1. The van der Waals surface area contributed by atoms with Gasteiger partial charge in [-0.1, -0.05) is 40.9 Å². The predicted octanol–water partition coefficient (Wildman–Crippen LogP) is 5.54. The van der Waals surface area contributed by atoms with Crippen LogP contribution in [-0.4, -0.2) is 11.1 Å². The molecule has 0 saturated heterocycles. The number of ether oxygens (including phenoxy) is 1. The molecule has 1 N–H and O–H groups in total. The Balaban J connectivity index is 2.37. The van der Waals surface area contributed by atoms with Gasteiger partial charge in [0.2, 0.25) is 0 Å². The van der Waals surface area contributed by atoms with Crippen LogP contribution in [0, 0.1) is 0 Å².